The molecule has 0 aromatic carbocycles. The van der Waals surface area contributed by atoms with Gasteiger partial charge in [0.2, 0.25) is 0 Å². The standard InChI is InChI=1S/C16H20N2O4S/c1-8-2-5-10-11(6-8)23-15(13(10)14(17)20)18-12(19)7-22-16(21)9-3-4-9/h8-9H,2-7H2,1H3,(H2,17,20)(H,18,19)/t8-/m0/s1. The Morgan fingerprint density at radius 2 is 2.04 bits per heavy atom. The average Bonchev–Trinajstić information content (AvgIpc) is 3.26. The molecule has 2 amide bonds. The van der Waals surface area contributed by atoms with Gasteiger partial charge in [0.05, 0.1) is 11.5 Å². The second-order valence-corrected chi connectivity index (χ2v) is 7.46. The minimum absolute atomic E-state index is 0.0421. The lowest BCUT2D eigenvalue weighted by Gasteiger charge is -2.18. The smallest absolute Gasteiger partial charge is 0.309 e. The van der Waals surface area contributed by atoms with Crippen LogP contribution in [0, 0.1) is 11.8 Å². The summed E-state index contributed by atoms with van der Waals surface area (Å²) in [6.07, 6.45) is 4.38. The molecule has 3 N–H and O–H groups in total. The van der Waals surface area contributed by atoms with Crippen molar-refractivity contribution in [3.05, 3.63) is 16.0 Å². The minimum Gasteiger partial charge on any atom is -0.455 e. The lowest BCUT2D eigenvalue weighted by molar-refractivity contribution is -0.148. The monoisotopic (exact) mass is 336 g/mol. The summed E-state index contributed by atoms with van der Waals surface area (Å²) in [7, 11) is 0. The van der Waals surface area contributed by atoms with E-state index in [4.69, 9.17) is 10.5 Å². The Balaban J connectivity index is 1.70. The number of anilines is 1. The SMILES string of the molecule is C[C@H]1CCc2c(sc(NC(=O)COC(=O)C3CC3)c2C(N)=O)C1. The highest BCUT2D eigenvalue weighted by Gasteiger charge is 2.32. The number of fused-ring (bicyclic) bond motifs is 1. The van der Waals surface area contributed by atoms with Crippen LogP contribution in [-0.4, -0.2) is 24.4 Å². The van der Waals surface area contributed by atoms with E-state index in [2.05, 4.69) is 12.2 Å². The van der Waals surface area contributed by atoms with Gasteiger partial charge in [0, 0.05) is 4.88 Å². The molecular formula is C16H20N2O4S. The maximum absolute atomic E-state index is 12.0. The predicted octanol–water partition coefficient (Wildman–Crippen LogP) is 1.86. The number of esters is 1. The molecule has 2 aliphatic rings. The third kappa shape index (κ3) is 3.55. The fourth-order valence-corrected chi connectivity index (χ4v) is 4.27. The maximum Gasteiger partial charge on any atom is 0.309 e. The molecule has 1 heterocycles. The zero-order chi connectivity index (χ0) is 16.6. The Bertz CT molecular complexity index is 663. The van der Waals surface area contributed by atoms with Crippen LogP contribution in [0.15, 0.2) is 0 Å². The summed E-state index contributed by atoms with van der Waals surface area (Å²) < 4.78 is 4.96. The van der Waals surface area contributed by atoms with Crippen LogP contribution in [0.25, 0.3) is 0 Å². The Morgan fingerprint density at radius 3 is 2.70 bits per heavy atom. The molecular weight excluding hydrogens is 316 g/mol. The number of ether oxygens (including phenoxy) is 1. The summed E-state index contributed by atoms with van der Waals surface area (Å²) in [5.74, 6) is -0.769. The molecule has 0 saturated heterocycles. The van der Waals surface area contributed by atoms with E-state index in [1.54, 1.807) is 0 Å². The van der Waals surface area contributed by atoms with Gasteiger partial charge in [-0.25, -0.2) is 0 Å². The van der Waals surface area contributed by atoms with Crippen molar-refractivity contribution < 1.29 is 19.1 Å². The molecule has 1 aromatic heterocycles. The topological polar surface area (TPSA) is 98.5 Å². The molecule has 1 saturated carbocycles. The molecule has 6 nitrogen and oxygen atoms in total. The van der Waals surface area contributed by atoms with Crippen LogP contribution >= 0.6 is 11.3 Å². The largest absolute Gasteiger partial charge is 0.455 e. The van der Waals surface area contributed by atoms with E-state index < -0.39 is 11.8 Å². The van der Waals surface area contributed by atoms with Gasteiger partial charge in [-0.05, 0) is 43.6 Å². The van der Waals surface area contributed by atoms with E-state index in [-0.39, 0.29) is 18.5 Å². The predicted molar refractivity (Wildman–Crippen MR) is 86.3 cm³/mol. The van der Waals surface area contributed by atoms with Gasteiger partial charge in [0.1, 0.15) is 5.00 Å². The number of carbonyl (C=O) groups is 3. The average molecular weight is 336 g/mol. The quantitative estimate of drug-likeness (QED) is 0.802. The number of nitrogens with one attached hydrogen (secondary N) is 1. The fraction of sp³-hybridized carbons (Fsp3) is 0.562. The first kappa shape index (κ1) is 16.0. The van der Waals surface area contributed by atoms with Gasteiger partial charge < -0.3 is 15.8 Å². The van der Waals surface area contributed by atoms with Crippen molar-refractivity contribution in [3.63, 3.8) is 0 Å². The minimum atomic E-state index is -0.526. The number of rotatable bonds is 5. The summed E-state index contributed by atoms with van der Waals surface area (Å²) in [6, 6.07) is 0. The molecule has 0 unspecified atom stereocenters. The van der Waals surface area contributed by atoms with Crippen molar-refractivity contribution in [2.24, 2.45) is 17.6 Å². The van der Waals surface area contributed by atoms with Crippen LogP contribution in [-0.2, 0) is 27.2 Å². The summed E-state index contributed by atoms with van der Waals surface area (Å²) in [5.41, 5.74) is 6.87. The Hall–Kier alpha value is -1.89. The first-order valence-corrected chi connectivity index (χ1v) is 8.68. The van der Waals surface area contributed by atoms with Gasteiger partial charge in [0.15, 0.2) is 6.61 Å². The van der Waals surface area contributed by atoms with E-state index in [0.717, 1.165) is 42.5 Å². The van der Waals surface area contributed by atoms with Crippen LogP contribution in [0.1, 0.15) is 47.0 Å². The lowest BCUT2D eigenvalue weighted by Crippen LogP contribution is -2.23. The molecule has 3 rings (SSSR count). The lowest BCUT2D eigenvalue weighted by atomic mass is 9.88. The van der Waals surface area contributed by atoms with Crippen molar-refractivity contribution in [1.29, 1.82) is 0 Å². The third-order valence-corrected chi connectivity index (χ3v) is 5.44. The zero-order valence-electron chi connectivity index (χ0n) is 13.0. The second kappa shape index (κ2) is 6.31. The molecule has 0 spiro atoms. The van der Waals surface area contributed by atoms with Crippen molar-refractivity contribution in [1.82, 2.24) is 0 Å². The molecule has 23 heavy (non-hydrogen) atoms. The van der Waals surface area contributed by atoms with Crippen molar-refractivity contribution >= 4 is 34.1 Å². The summed E-state index contributed by atoms with van der Waals surface area (Å²) in [6.45, 7) is 1.84. The maximum atomic E-state index is 12.0. The van der Waals surface area contributed by atoms with Gasteiger partial charge >= 0.3 is 5.97 Å². The van der Waals surface area contributed by atoms with Crippen LogP contribution in [0.2, 0.25) is 0 Å². The van der Waals surface area contributed by atoms with Gasteiger partial charge in [-0.15, -0.1) is 11.3 Å². The van der Waals surface area contributed by atoms with E-state index in [1.807, 2.05) is 0 Å². The van der Waals surface area contributed by atoms with E-state index in [1.165, 1.54) is 11.3 Å². The Labute approximate surface area is 138 Å². The molecule has 124 valence electrons. The molecule has 7 heteroatoms. The first-order chi connectivity index (χ1) is 11.0. The number of hydrogen-bond donors (Lipinski definition) is 2. The number of hydrogen-bond acceptors (Lipinski definition) is 5. The van der Waals surface area contributed by atoms with Crippen LogP contribution in [0.3, 0.4) is 0 Å². The third-order valence-electron chi connectivity index (χ3n) is 4.27. The van der Waals surface area contributed by atoms with Crippen LogP contribution in [0.5, 0.6) is 0 Å². The number of nitrogens with two attached hydrogens (primary N) is 1. The fourth-order valence-electron chi connectivity index (χ4n) is 2.84. The van der Waals surface area contributed by atoms with E-state index >= 15 is 0 Å². The van der Waals surface area contributed by atoms with E-state index in [0.29, 0.717) is 16.5 Å². The van der Waals surface area contributed by atoms with Crippen molar-refractivity contribution in [3.8, 4) is 0 Å². The highest BCUT2D eigenvalue weighted by Crippen LogP contribution is 2.39. The molecule has 1 aromatic rings. The van der Waals surface area contributed by atoms with Crippen molar-refractivity contribution in [2.75, 3.05) is 11.9 Å². The van der Waals surface area contributed by atoms with Gasteiger partial charge in [0.25, 0.3) is 11.8 Å². The number of carbonyl (C=O) groups excluding carboxylic acids is 3. The number of primary amides is 1. The summed E-state index contributed by atoms with van der Waals surface area (Å²) in [4.78, 5) is 36.3. The van der Waals surface area contributed by atoms with E-state index in [9.17, 15) is 14.4 Å². The summed E-state index contributed by atoms with van der Waals surface area (Å²) >= 11 is 1.40. The Kier molecular flexibility index (Phi) is 4.39. The molecule has 1 atom stereocenters. The Morgan fingerprint density at radius 1 is 1.30 bits per heavy atom. The van der Waals surface area contributed by atoms with Gasteiger partial charge in [-0.3, -0.25) is 14.4 Å². The van der Waals surface area contributed by atoms with Crippen molar-refractivity contribution in [2.45, 2.75) is 39.0 Å². The number of thiophene rings is 1. The van der Waals surface area contributed by atoms with Gasteiger partial charge in [-0.1, -0.05) is 6.92 Å². The number of amides is 2. The molecule has 2 aliphatic carbocycles. The van der Waals surface area contributed by atoms with Gasteiger partial charge in [-0.2, -0.15) is 0 Å². The highest BCUT2D eigenvalue weighted by molar-refractivity contribution is 7.17. The normalized spacial score (nSPS) is 19.8. The molecule has 0 radical (unpaired) electrons. The molecule has 1 fully saturated rings. The second-order valence-electron chi connectivity index (χ2n) is 6.35. The summed E-state index contributed by atoms with van der Waals surface area (Å²) in [5, 5.41) is 3.16. The molecule has 0 aliphatic heterocycles. The first-order valence-electron chi connectivity index (χ1n) is 7.86. The molecule has 0 bridgehead atoms. The zero-order valence-corrected chi connectivity index (χ0v) is 13.8. The highest BCUT2D eigenvalue weighted by atomic mass is 32.1. The van der Waals surface area contributed by atoms with Crippen LogP contribution < -0.4 is 11.1 Å². The van der Waals surface area contributed by atoms with Crippen LogP contribution in [0.4, 0.5) is 5.00 Å².